The highest BCUT2D eigenvalue weighted by molar-refractivity contribution is 6.12. The molecule has 0 amide bonds. The van der Waals surface area contributed by atoms with Gasteiger partial charge < -0.3 is 24.9 Å². The number of hydrogen-bond acceptors (Lipinski definition) is 0. The van der Waals surface area contributed by atoms with Crippen LogP contribution in [0.3, 0.4) is 0 Å². The first-order chi connectivity index (χ1) is 27.2. The van der Waals surface area contributed by atoms with Crippen molar-refractivity contribution in [1.82, 2.24) is 24.9 Å². The molecule has 0 spiro atoms. The minimum absolute atomic E-state index is 1.06. The molecular weight excluding hydrogens is 671 g/mol. The molecule has 11 rings (SSSR count). The normalized spacial score (nSPS) is 11.6. The van der Waals surface area contributed by atoms with Crippen LogP contribution in [0, 0.1) is 0 Å². The van der Waals surface area contributed by atoms with E-state index in [1.807, 2.05) is 0 Å². The van der Waals surface area contributed by atoms with Gasteiger partial charge in [-0.2, -0.15) is 0 Å². The first-order valence-corrected chi connectivity index (χ1v) is 18.7. The van der Waals surface area contributed by atoms with E-state index >= 15 is 0 Å². The van der Waals surface area contributed by atoms with Gasteiger partial charge in [0.05, 0.1) is 0 Å². The van der Waals surface area contributed by atoms with Crippen LogP contribution in [0.5, 0.6) is 0 Å². The van der Waals surface area contributed by atoms with Gasteiger partial charge in [0.25, 0.3) is 0 Å². The van der Waals surface area contributed by atoms with Crippen molar-refractivity contribution in [3.8, 4) is 0 Å². The molecule has 6 aromatic heterocycles. The van der Waals surface area contributed by atoms with Crippen LogP contribution in [0.2, 0.25) is 0 Å². The summed E-state index contributed by atoms with van der Waals surface area (Å²) in [6.07, 6.45) is 0. The Hall–Kier alpha value is -7.50. The number of nitrogens with one attached hydrogen (secondary N) is 5. The van der Waals surface area contributed by atoms with Crippen molar-refractivity contribution >= 4 is 109 Å². The van der Waals surface area contributed by atoms with E-state index in [0.29, 0.717) is 0 Å². The Kier molecular flexibility index (Phi) is 7.10. The summed E-state index contributed by atoms with van der Waals surface area (Å²) < 4.78 is 0. The molecule has 10 bridgehead atoms. The molecule has 5 aromatic carbocycles. The van der Waals surface area contributed by atoms with Crippen LogP contribution < -0.4 is 0 Å². The molecule has 0 aliphatic heterocycles. The molecule has 0 saturated carbocycles. The van der Waals surface area contributed by atoms with E-state index in [1.54, 1.807) is 0 Å². The summed E-state index contributed by atoms with van der Waals surface area (Å²) in [5, 5.41) is 11.4. The lowest BCUT2D eigenvalue weighted by Crippen LogP contribution is -1.76. The van der Waals surface area contributed by atoms with Gasteiger partial charge in [-0.25, -0.2) is 0 Å². The Labute approximate surface area is 314 Å². The van der Waals surface area contributed by atoms with Crippen LogP contribution in [0.15, 0.2) is 182 Å². The topological polar surface area (TPSA) is 78.9 Å². The Balaban J connectivity index is 1.31. The third kappa shape index (κ3) is 5.24. The fourth-order valence-corrected chi connectivity index (χ4v) is 8.31. The smallest absolute Gasteiger partial charge is 0.0465 e. The van der Waals surface area contributed by atoms with Gasteiger partial charge in [0.1, 0.15) is 0 Å². The Bertz CT molecular complexity index is 2790. The summed E-state index contributed by atoms with van der Waals surface area (Å²) in [5.41, 5.74) is 10.6. The standard InChI is InChI=1S/C50H35N5/c1-2-12-32-31(11-1)41-21-22-43(51-41)33-13-3-4-14-34(33)45-25-26-47(53-45)37-17-7-8-18-38(37)49-29-30-50(55-49)40-20-10-9-19-39(40)48-28-27-46(54-48)36-16-6-5-15-35(36)44-24-23-42(32)52-44/h1-30,51-55H. The second-order valence-electron chi connectivity index (χ2n) is 14.2. The molecular formula is C50H35N5. The summed E-state index contributed by atoms with van der Waals surface area (Å²) in [4.78, 5) is 18.9. The molecule has 0 fully saturated rings. The van der Waals surface area contributed by atoms with Crippen molar-refractivity contribution < 1.29 is 0 Å². The minimum Gasteiger partial charge on any atom is -0.355 e. The Morgan fingerprint density at radius 2 is 0.255 bits per heavy atom. The molecule has 0 aliphatic rings. The lowest BCUT2D eigenvalue weighted by molar-refractivity contribution is 1.56. The van der Waals surface area contributed by atoms with Crippen LogP contribution in [0.4, 0.5) is 0 Å². The Morgan fingerprint density at radius 3 is 0.364 bits per heavy atom. The summed E-state index contributed by atoms with van der Waals surface area (Å²) in [6, 6.07) is 64.9. The molecule has 0 saturated heterocycles. The van der Waals surface area contributed by atoms with E-state index in [9.17, 15) is 0 Å². The fourth-order valence-electron chi connectivity index (χ4n) is 8.31. The number of aromatic nitrogens is 5. The molecule has 0 atom stereocenters. The zero-order valence-electron chi connectivity index (χ0n) is 29.8. The van der Waals surface area contributed by atoms with Gasteiger partial charge >= 0.3 is 0 Å². The number of benzene rings is 5. The molecule has 0 unspecified atom stereocenters. The predicted octanol–water partition coefficient (Wildman–Crippen LogP) is 13.8. The summed E-state index contributed by atoms with van der Waals surface area (Å²) in [7, 11) is 0. The van der Waals surface area contributed by atoms with Crippen molar-refractivity contribution in [2.75, 3.05) is 0 Å². The molecule has 260 valence electrons. The van der Waals surface area contributed by atoms with Gasteiger partial charge in [0, 0.05) is 109 Å². The van der Waals surface area contributed by atoms with Gasteiger partial charge in [-0.15, -0.1) is 0 Å². The van der Waals surface area contributed by atoms with Gasteiger partial charge in [-0.05, 0) is 60.7 Å². The maximum atomic E-state index is 3.79. The lowest BCUT2D eigenvalue weighted by atomic mass is 10.1. The average molecular weight is 706 g/mol. The van der Waals surface area contributed by atoms with Crippen LogP contribution >= 0.6 is 0 Å². The maximum Gasteiger partial charge on any atom is 0.0465 e. The third-order valence-electron chi connectivity index (χ3n) is 11.0. The van der Waals surface area contributed by atoms with Gasteiger partial charge in [-0.1, -0.05) is 121 Å². The zero-order chi connectivity index (χ0) is 36.3. The highest BCUT2D eigenvalue weighted by Gasteiger charge is 2.07. The highest BCUT2D eigenvalue weighted by atomic mass is 14.7. The largest absolute Gasteiger partial charge is 0.355 e. The molecule has 55 heavy (non-hydrogen) atoms. The summed E-state index contributed by atoms with van der Waals surface area (Å²) in [6.45, 7) is 0. The number of fused-ring (bicyclic) bond motifs is 25. The molecule has 5 heteroatoms. The minimum atomic E-state index is 1.06. The van der Waals surface area contributed by atoms with E-state index < -0.39 is 0 Å². The number of aromatic amines is 5. The summed E-state index contributed by atoms with van der Waals surface area (Å²) in [5.74, 6) is 0. The van der Waals surface area contributed by atoms with Gasteiger partial charge in [0.15, 0.2) is 0 Å². The Morgan fingerprint density at radius 1 is 0.145 bits per heavy atom. The molecule has 5 N–H and O–H groups in total. The molecule has 11 aromatic rings. The SMILES string of the molecule is c1ccc2c3ccc([nH]3)c3ccccc3c3ccc([nH]3)c3ccccc3c3ccc([nH]3)c3ccccc3c3ccc([nH]3)c3ccccc3c3ccc([nH]3)c2c1. The third-order valence-corrected chi connectivity index (χ3v) is 11.0. The molecule has 5 nitrogen and oxygen atoms in total. The molecule has 0 aliphatic carbocycles. The van der Waals surface area contributed by atoms with Crippen molar-refractivity contribution in [3.63, 3.8) is 0 Å². The van der Waals surface area contributed by atoms with E-state index in [2.05, 4.69) is 207 Å². The van der Waals surface area contributed by atoms with Crippen molar-refractivity contribution in [2.24, 2.45) is 0 Å². The molecule has 6 heterocycles. The van der Waals surface area contributed by atoms with Crippen molar-refractivity contribution in [3.05, 3.63) is 182 Å². The monoisotopic (exact) mass is 705 g/mol. The average Bonchev–Trinajstić information content (AvgIpc) is 4.10. The van der Waals surface area contributed by atoms with E-state index in [1.165, 1.54) is 0 Å². The number of H-pyrrole nitrogens is 5. The van der Waals surface area contributed by atoms with E-state index in [-0.39, 0.29) is 0 Å². The summed E-state index contributed by atoms with van der Waals surface area (Å²) >= 11 is 0. The van der Waals surface area contributed by atoms with Crippen LogP contribution in [-0.2, 0) is 0 Å². The maximum absolute atomic E-state index is 3.79. The predicted molar refractivity (Wildman–Crippen MR) is 235 cm³/mol. The van der Waals surface area contributed by atoms with E-state index in [0.717, 1.165) is 109 Å². The fraction of sp³-hybridized carbons (Fsp3) is 0. The van der Waals surface area contributed by atoms with Crippen molar-refractivity contribution in [2.45, 2.75) is 0 Å². The van der Waals surface area contributed by atoms with E-state index in [4.69, 9.17) is 0 Å². The lowest BCUT2D eigenvalue weighted by Gasteiger charge is -1.98. The first kappa shape index (κ1) is 31.1. The highest BCUT2D eigenvalue weighted by Crippen LogP contribution is 2.30. The second kappa shape index (κ2) is 12.6. The second-order valence-corrected chi connectivity index (χ2v) is 14.2. The van der Waals surface area contributed by atoms with Crippen LogP contribution in [-0.4, -0.2) is 24.9 Å². The van der Waals surface area contributed by atoms with Crippen LogP contribution in [0.25, 0.3) is 109 Å². The first-order valence-electron chi connectivity index (χ1n) is 18.7. The zero-order valence-corrected chi connectivity index (χ0v) is 29.8. The van der Waals surface area contributed by atoms with Gasteiger partial charge in [0.2, 0.25) is 0 Å². The number of hydrogen-bond donors (Lipinski definition) is 5. The molecule has 0 radical (unpaired) electrons. The van der Waals surface area contributed by atoms with Crippen LogP contribution in [0.1, 0.15) is 0 Å². The van der Waals surface area contributed by atoms with Crippen molar-refractivity contribution in [1.29, 1.82) is 0 Å². The number of rotatable bonds is 0. The van der Waals surface area contributed by atoms with Gasteiger partial charge in [-0.3, -0.25) is 0 Å². The quantitative estimate of drug-likeness (QED) is 0.104.